The summed E-state index contributed by atoms with van der Waals surface area (Å²) in [6.45, 7) is 0.0135. The van der Waals surface area contributed by atoms with Gasteiger partial charge in [0.05, 0.1) is 17.3 Å². The molecule has 0 unspecified atom stereocenters. The molecule has 2 rings (SSSR count). The van der Waals surface area contributed by atoms with Gasteiger partial charge in [-0.25, -0.2) is 0 Å². The lowest BCUT2D eigenvalue weighted by Gasteiger charge is -2.09. The van der Waals surface area contributed by atoms with Gasteiger partial charge in [-0.1, -0.05) is 29.8 Å². The van der Waals surface area contributed by atoms with Crippen LogP contribution >= 0.6 is 11.6 Å². The number of rotatable bonds is 3. The molecule has 3 N–H and O–H groups in total. The molecule has 0 atom stereocenters. The number of nitrogen functional groups attached to an aromatic ring is 1. The normalized spacial score (nSPS) is 10.2. The molecule has 0 aromatic heterocycles. The maximum atomic E-state index is 8.92. The Hall–Kier alpha value is -1.71. The second kappa shape index (κ2) is 5.08. The van der Waals surface area contributed by atoms with Crippen molar-refractivity contribution in [2.75, 3.05) is 5.73 Å². The fraction of sp³-hybridized carbons (Fsp3) is 0.0769. The molecule has 17 heavy (non-hydrogen) atoms. The SMILES string of the molecule is Nc1c(Cl)cccc1Oc1ccc(CO)cc1. The molecule has 0 fully saturated rings. The zero-order chi connectivity index (χ0) is 12.3. The van der Waals surface area contributed by atoms with Crippen molar-refractivity contribution in [2.24, 2.45) is 0 Å². The van der Waals surface area contributed by atoms with Crippen LogP contribution in [0, 0.1) is 0 Å². The fourth-order valence-corrected chi connectivity index (χ4v) is 1.56. The van der Waals surface area contributed by atoms with E-state index in [1.807, 2.05) is 0 Å². The lowest BCUT2D eigenvalue weighted by Crippen LogP contribution is -1.93. The number of anilines is 1. The molecule has 0 radical (unpaired) electrons. The summed E-state index contributed by atoms with van der Waals surface area (Å²) in [4.78, 5) is 0. The molecule has 0 saturated heterocycles. The fourth-order valence-electron chi connectivity index (χ4n) is 1.40. The summed E-state index contributed by atoms with van der Waals surface area (Å²) in [7, 11) is 0. The number of hydrogen-bond acceptors (Lipinski definition) is 3. The summed E-state index contributed by atoms with van der Waals surface area (Å²) in [6.07, 6.45) is 0. The monoisotopic (exact) mass is 249 g/mol. The molecular formula is C13H12ClNO2. The van der Waals surface area contributed by atoms with E-state index in [-0.39, 0.29) is 6.61 Å². The third-order valence-electron chi connectivity index (χ3n) is 2.35. The maximum absolute atomic E-state index is 8.92. The van der Waals surface area contributed by atoms with E-state index in [4.69, 9.17) is 27.2 Å². The topological polar surface area (TPSA) is 55.5 Å². The van der Waals surface area contributed by atoms with Crippen LogP contribution in [-0.2, 0) is 6.61 Å². The summed E-state index contributed by atoms with van der Waals surface area (Å²) >= 11 is 5.89. The van der Waals surface area contributed by atoms with Crippen molar-refractivity contribution in [3.8, 4) is 11.5 Å². The van der Waals surface area contributed by atoms with E-state index >= 15 is 0 Å². The second-order valence-electron chi connectivity index (χ2n) is 3.56. The van der Waals surface area contributed by atoms with Crippen molar-refractivity contribution in [3.05, 3.63) is 53.1 Å². The van der Waals surface area contributed by atoms with Crippen LogP contribution < -0.4 is 10.5 Å². The number of benzene rings is 2. The van der Waals surface area contributed by atoms with Crippen molar-refractivity contribution in [1.82, 2.24) is 0 Å². The number of para-hydroxylation sites is 1. The molecule has 4 heteroatoms. The van der Waals surface area contributed by atoms with Gasteiger partial charge < -0.3 is 15.6 Å². The van der Waals surface area contributed by atoms with E-state index < -0.39 is 0 Å². The molecule has 0 bridgehead atoms. The first-order valence-electron chi connectivity index (χ1n) is 5.12. The molecule has 88 valence electrons. The standard InChI is InChI=1S/C13H12ClNO2/c14-11-2-1-3-12(13(11)15)17-10-6-4-9(8-16)5-7-10/h1-7,16H,8,15H2. The first-order valence-corrected chi connectivity index (χ1v) is 5.50. The van der Waals surface area contributed by atoms with Crippen molar-refractivity contribution in [1.29, 1.82) is 0 Å². The third kappa shape index (κ3) is 2.70. The molecule has 0 spiro atoms. The van der Waals surface area contributed by atoms with Gasteiger partial charge in [-0.15, -0.1) is 0 Å². The highest BCUT2D eigenvalue weighted by molar-refractivity contribution is 6.33. The van der Waals surface area contributed by atoms with Crippen LogP contribution in [0.1, 0.15) is 5.56 Å². The molecule has 0 amide bonds. The number of ether oxygens (including phenoxy) is 1. The van der Waals surface area contributed by atoms with Gasteiger partial charge >= 0.3 is 0 Å². The second-order valence-corrected chi connectivity index (χ2v) is 3.96. The maximum Gasteiger partial charge on any atom is 0.151 e. The highest BCUT2D eigenvalue weighted by Gasteiger charge is 2.05. The highest BCUT2D eigenvalue weighted by Crippen LogP contribution is 2.32. The number of nitrogens with two attached hydrogens (primary N) is 1. The van der Waals surface area contributed by atoms with Gasteiger partial charge in [-0.05, 0) is 29.8 Å². The van der Waals surface area contributed by atoms with E-state index in [9.17, 15) is 0 Å². The molecule has 3 nitrogen and oxygen atoms in total. The van der Waals surface area contributed by atoms with Gasteiger partial charge in [0.2, 0.25) is 0 Å². The number of aliphatic hydroxyl groups excluding tert-OH is 1. The Morgan fingerprint density at radius 1 is 1.12 bits per heavy atom. The predicted molar refractivity (Wildman–Crippen MR) is 68.3 cm³/mol. The van der Waals surface area contributed by atoms with E-state index in [2.05, 4.69) is 0 Å². The van der Waals surface area contributed by atoms with Crippen molar-refractivity contribution >= 4 is 17.3 Å². The first kappa shape index (κ1) is 11.8. The van der Waals surface area contributed by atoms with Crippen molar-refractivity contribution < 1.29 is 9.84 Å². The Morgan fingerprint density at radius 3 is 2.47 bits per heavy atom. The van der Waals surface area contributed by atoms with E-state index in [0.29, 0.717) is 22.2 Å². The quantitative estimate of drug-likeness (QED) is 0.822. The van der Waals surface area contributed by atoms with E-state index in [1.54, 1.807) is 42.5 Å². The van der Waals surface area contributed by atoms with Crippen molar-refractivity contribution in [2.45, 2.75) is 6.61 Å². The summed E-state index contributed by atoms with van der Waals surface area (Å²) in [5.74, 6) is 1.17. The average molecular weight is 250 g/mol. The molecule has 0 aliphatic rings. The van der Waals surface area contributed by atoms with Gasteiger partial charge in [0.15, 0.2) is 5.75 Å². The zero-order valence-electron chi connectivity index (χ0n) is 9.06. The van der Waals surface area contributed by atoms with Crippen LogP contribution in [0.15, 0.2) is 42.5 Å². The minimum Gasteiger partial charge on any atom is -0.455 e. The Bertz CT molecular complexity index is 511. The van der Waals surface area contributed by atoms with Crippen molar-refractivity contribution in [3.63, 3.8) is 0 Å². The van der Waals surface area contributed by atoms with Gasteiger partial charge in [-0.3, -0.25) is 0 Å². The third-order valence-corrected chi connectivity index (χ3v) is 2.68. The molecule has 2 aromatic rings. The van der Waals surface area contributed by atoms with E-state index in [0.717, 1.165) is 5.56 Å². The summed E-state index contributed by atoms with van der Waals surface area (Å²) in [5, 5.41) is 9.39. The molecule has 0 heterocycles. The highest BCUT2D eigenvalue weighted by atomic mass is 35.5. The molecule has 2 aromatic carbocycles. The lowest BCUT2D eigenvalue weighted by atomic mass is 10.2. The summed E-state index contributed by atoms with van der Waals surface area (Å²) < 4.78 is 5.60. The molecule has 0 saturated carbocycles. The van der Waals surface area contributed by atoms with Gasteiger partial charge in [-0.2, -0.15) is 0 Å². The number of hydrogen-bond donors (Lipinski definition) is 2. The van der Waals surface area contributed by atoms with Crippen LogP contribution in [-0.4, -0.2) is 5.11 Å². The Labute approximate surface area is 104 Å². The zero-order valence-corrected chi connectivity index (χ0v) is 9.82. The minimum atomic E-state index is 0.0135. The molecule has 0 aliphatic carbocycles. The minimum absolute atomic E-state index is 0.0135. The van der Waals surface area contributed by atoms with Crippen LogP contribution in [0.25, 0.3) is 0 Å². The average Bonchev–Trinajstić information content (AvgIpc) is 2.36. The van der Waals surface area contributed by atoms with Crippen LogP contribution in [0.5, 0.6) is 11.5 Å². The molecular weight excluding hydrogens is 238 g/mol. The number of aliphatic hydroxyl groups is 1. The summed E-state index contributed by atoms with van der Waals surface area (Å²) in [6, 6.07) is 12.3. The van der Waals surface area contributed by atoms with Gasteiger partial charge in [0.1, 0.15) is 5.75 Å². The first-order chi connectivity index (χ1) is 8.20. The Balaban J connectivity index is 2.22. The Morgan fingerprint density at radius 2 is 1.82 bits per heavy atom. The molecule has 0 aliphatic heterocycles. The lowest BCUT2D eigenvalue weighted by molar-refractivity contribution is 0.281. The number of halogens is 1. The smallest absolute Gasteiger partial charge is 0.151 e. The van der Waals surface area contributed by atoms with Crippen LogP contribution in [0.4, 0.5) is 5.69 Å². The van der Waals surface area contributed by atoms with Gasteiger partial charge in [0, 0.05) is 0 Å². The van der Waals surface area contributed by atoms with Crippen LogP contribution in [0.2, 0.25) is 5.02 Å². The van der Waals surface area contributed by atoms with Gasteiger partial charge in [0.25, 0.3) is 0 Å². The summed E-state index contributed by atoms with van der Waals surface area (Å²) in [5.41, 5.74) is 7.04. The van der Waals surface area contributed by atoms with E-state index in [1.165, 1.54) is 0 Å². The Kier molecular flexibility index (Phi) is 3.52. The van der Waals surface area contributed by atoms with Crippen LogP contribution in [0.3, 0.4) is 0 Å². The predicted octanol–water partition coefficient (Wildman–Crippen LogP) is 3.21. The largest absolute Gasteiger partial charge is 0.455 e.